The molecule has 1 amide bonds. The minimum Gasteiger partial charge on any atom is -0.447 e. The van der Waals surface area contributed by atoms with Crippen LogP contribution in [0.15, 0.2) is 18.7 Å². The molecule has 4 heterocycles. The molecule has 1 atom stereocenters. The van der Waals surface area contributed by atoms with Crippen LogP contribution in [0, 0.1) is 6.92 Å². The minimum atomic E-state index is -0.686. The number of imidazole rings is 1. The molecule has 0 saturated carbocycles. The molecule has 1 N–H and O–H groups in total. The Morgan fingerprint density at radius 2 is 2.10 bits per heavy atom. The number of aromatic nitrogens is 6. The van der Waals surface area contributed by atoms with Crippen LogP contribution in [0.3, 0.4) is 0 Å². The lowest BCUT2D eigenvalue weighted by atomic mass is 10.2. The number of alkyl halides is 1. The summed E-state index contributed by atoms with van der Waals surface area (Å²) in [6.45, 7) is 4.60. The number of fused-ring (bicyclic) bond motifs is 1. The molecule has 0 aliphatic carbocycles. The first-order valence-electron chi connectivity index (χ1n) is 9.85. The van der Waals surface area contributed by atoms with E-state index in [9.17, 15) is 9.18 Å². The summed E-state index contributed by atoms with van der Waals surface area (Å²) in [6, 6.07) is -0.0149. The highest BCUT2D eigenvalue weighted by atomic mass is 19.1. The molecule has 10 nitrogen and oxygen atoms in total. The highest BCUT2D eigenvalue weighted by molar-refractivity contribution is 5.86. The van der Waals surface area contributed by atoms with Gasteiger partial charge in [0.2, 0.25) is 0 Å². The third kappa shape index (κ3) is 3.87. The summed E-state index contributed by atoms with van der Waals surface area (Å²) >= 11 is 0. The smallest absolute Gasteiger partial charge is 0.409 e. The predicted molar refractivity (Wildman–Crippen MR) is 108 cm³/mol. The van der Waals surface area contributed by atoms with Crippen molar-refractivity contribution in [3.05, 3.63) is 24.5 Å². The first-order chi connectivity index (χ1) is 14.6. The van der Waals surface area contributed by atoms with Crippen molar-refractivity contribution in [3.63, 3.8) is 0 Å². The number of halogens is 1. The number of hydrogen-bond acceptors (Lipinski definition) is 8. The van der Waals surface area contributed by atoms with Crippen molar-refractivity contribution in [2.45, 2.75) is 32.9 Å². The number of aryl methyl sites for hydroxylation is 2. The Labute approximate surface area is 172 Å². The van der Waals surface area contributed by atoms with Crippen molar-refractivity contribution in [1.82, 2.24) is 34.4 Å². The van der Waals surface area contributed by atoms with Crippen LogP contribution in [0.5, 0.6) is 0 Å². The van der Waals surface area contributed by atoms with E-state index in [0.29, 0.717) is 42.4 Å². The van der Waals surface area contributed by atoms with E-state index in [4.69, 9.17) is 9.72 Å². The van der Waals surface area contributed by atoms with Gasteiger partial charge < -0.3 is 19.5 Å². The number of carbonyl (C=O) groups is 1. The molecule has 11 heteroatoms. The third-order valence-corrected chi connectivity index (χ3v) is 4.98. The number of amides is 1. The van der Waals surface area contributed by atoms with Gasteiger partial charge in [0.25, 0.3) is 0 Å². The summed E-state index contributed by atoms with van der Waals surface area (Å²) in [5, 5.41) is 3.37. The van der Waals surface area contributed by atoms with Crippen LogP contribution in [-0.4, -0.2) is 72.9 Å². The Morgan fingerprint density at radius 1 is 1.30 bits per heavy atom. The molecule has 4 rings (SSSR count). The Hall–Kier alpha value is -3.37. The third-order valence-electron chi connectivity index (χ3n) is 4.98. The van der Waals surface area contributed by atoms with Crippen molar-refractivity contribution in [2.24, 2.45) is 0 Å². The first-order valence-corrected chi connectivity index (χ1v) is 9.85. The van der Waals surface area contributed by atoms with Crippen LogP contribution < -0.4 is 5.32 Å². The first kappa shape index (κ1) is 19.9. The monoisotopic (exact) mass is 414 g/mol. The topological polar surface area (TPSA) is 111 Å². The molecule has 0 aromatic carbocycles. The van der Waals surface area contributed by atoms with Crippen LogP contribution in [0.25, 0.3) is 22.6 Å². The minimum absolute atomic E-state index is 0.0149. The number of ether oxygens (including phenoxy) is 1. The Balaban J connectivity index is 1.58. The zero-order valence-corrected chi connectivity index (χ0v) is 16.9. The second-order valence-electron chi connectivity index (χ2n) is 6.97. The van der Waals surface area contributed by atoms with Crippen LogP contribution in [0.2, 0.25) is 0 Å². The second-order valence-corrected chi connectivity index (χ2v) is 6.97. The van der Waals surface area contributed by atoms with Gasteiger partial charge in [-0.25, -0.2) is 34.1 Å². The lowest BCUT2D eigenvalue weighted by Gasteiger charge is -2.16. The van der Waals surface area contributed by atoms with Crippen LogP contribution >= 0.6 is 0 Å². The molecule has 1 aliphatic rings. The lowest BCUT2D eigenvalue weighted by Crippen LogP contribution is -2.32. The molecule has 0 radical (unpaired) electrons. The quantitative estimate of drug-likeness (QED) is 0.654. The molecule has 0 spiro atoms. The maximum Gasteiger partial charge on any atom is 0.409 e. The highest BCUT2D eigenvalue weighted by Gasteiger charge is 2.28. The lowest BCUT2D eigenvalue weighted by molar-refractivity contribution is 0.104. The molecule has 30 heavy (non-hydrogen) atoms. The number of likely N-dealkylation sites (tertiary alicyclic amines) is 1. The summed E-state index contributed by atoms with van der Waals surface area (Å²) in [6.07, 6.45) is 5.21. The molecule has 1 aliphatic heterocycles. The molecule has 3 aromatic rings. The van der Waals surface area contributed by atoms with Gasteiger partial charge in [-0.3, -0.25) is 0 Å². The van der Waals surface area contributed by atoms with Crippen LogP contribution in [-0.2, 0) is 11.3 Å². The van der Waals surface area contributed by atoms with Gasteiger partial charge >= 0.3 is 6.09 Å². The fourth-order valence-electron chi connectivity index (χ4n) is 3.52. The van der Waals surface area contributed by atoms with Gasteiger partial charge in [-0.15, -0.1) is 0 Å². The van der Waals surface area contributed by atoms with Gasteiger partial charge in [0.15, 0.2) is 17.0 Å². The van der Waals surface area contributed by atoms with E-state index < -0.39 is 12.8 Å². The van der Waals surface area contributed by atoms with Crippen molar-refractivity contribution >= 4 is 23.1 Å². The highest BCUT2D eigenvalue weighted by Crippen LogP contribution is 2.27. The zero-order chi connectivity index (χ0) is 21.1. The van der Waals surface area contributed by atoms with Crippen LogP contribution in [0.4, 0.5) is 15.0 Å². The Bertz CT molecular complexity index is 1040. The fraction of sp³-hybridized carbons (Fsp3) is 0.474. The summed E-state index contributed by atoms with van der Waals surface area (Å²) in [4.78, 5) is 35.6. The molecule has 1 fully saturated rings. The van der Waals surface area contributed by atoms with E-state index in [2.05, 4.69) is 25.3 Å². The van der Waals surface area contributed by atoms with Crippen molar-refractivity contribution < 1.29 is 13.9 Å². The summed E-state index contributed by atoms with van der Waals surface area (Å²) in [5.41, 5.74) is 2.16. The number of anilines is 1. The van der Waals surface area contributed by atoms with Gasteiger partial charge in [-0.05, 0) is 20.3 Å². The predicted octanol–water partition coefficient (Wildman–Crippen LogP) is 2.20. The Kier molecular flexibility index (Phi) is 5.68. The number of hydrogen-bond donors (Lipinski definition) is 1. The number of carbonyl (C=O) groups excluding carboxylic acids is 1. The average molecular weight is 414 g/mol. The summed E-state index contributed by atoms with van der Waals surface area (Å²) in [7, 11) is 0. The standard InChI is InChI=1S/C19H23FN8O2/c1-3-28-17(13-8-21-12(2)22-9-13)26-15-16(23-11-24-18(15)28)25-14-4-6-27(10-14)19(29)30-7-5-20/h8-9,11,14H,3-7,10H2,1-2H3,(H,23,24,25). The average Bonchev–Trinajstić information content (AvgIpc) is 3.37. The van der Waals surface area contributed by atoms with Gasteiger partial charge in [-0.2, -0.15) is 0 Å². The van der Waals surface area contributed by atoms with E-state index in [1.807, 2.05) is 18.4 Å². The second kappa shape index (κ2) is 8.56. The molecule has 0 bridgehead atoms. The maximum atomic E-state index is 12.2. The summed E-state index contributed by atoms with van der Waals surface area (Å²) in [5.74, 6) is 2.01. The van der Waals surface area contributed by atoms with Crippen molar-refractivity contribution in [3.8, 4) is 11.4 Å². The molecule has 1 saturated heterocycles. The fourth-order valence-corrected chi connectivity index (χ4v) is 3.52. The van der Waals surface area contributed by atoms with E-state index in [1.54, 1.807) is 17.3 Å². The maximum absolute atomic E-state index is 12.2. The van der Waals surface area contributed by atoms with Crippen molar-refractivity contribution in [2.75, 3.05) is 31.7 Å². The zero-order valence-electron chi connectivity index (χ0n) is 16.9. The number of nitrogens with zero attached hydrogens (tertiary/aromatic N) is 7. The number of rotatable bonds is 6. The largest absolute Gasteiger partial charge is 0.447 e. The molecule has 158 valence electrons. The van der Waals surface area contributed by atoms with Gasteiger partial charge in [0.05, 0.1) is 5.56 Å². The van der Waals surface area contributed by atoms with Crippen molar-refractivity contribution in [1.29, 1.82) is 0 Å². The van der Waals surface area contributed by atoms with E-state index in [-0.39, 0.29) is 12.6 Å². The molecular formula is C19H23FN8O2. The van der Waals surface area contributed by atoms with E-state index >= 15 is 0 Å². The summed E-state index contributed by atoms with van der Waals surface area (Å²) < 4.78 is 19.1. The molecule has 3 aromatic heterocycles. The molecular weight excluding hydrogens is 391 g/mol. The number of nitrogens with one attached hydrogen (secondary N) is 1. The van der Waals surface area contributed by atoms with Gasteiger partial charge in [-0.1, -0.05) is 0 Å². The van der Waals surface area contributed by atoms with E-state index in [0.717, 1.165) is 17.8 Å². The van der Waals surface area contributed by atoms with E-state index in [1.165, 1.54) is 6.33 Å². The normalized spacial score (nSPS) is 16.2. The molecule has 1 unspecified atom stereocenters. The van der Waals surface area contributed by atoms with Gasteiger partial charge in [0, 0.05) is 38.1 Å². The van der Waals surface area contributed by atoms with Crippen LogP contribution in [0.1, 0.15) is 19.2 Å². The Morgan fingerprint density at radius 3 is 2.83 bits per heavy atom. The SMILES string of the molecule is CCn1c(-c2cnc(C)nc2)nc2c(NC3CCN(C(=O)OCCF)C3)ncnc21. The van der Waals surface area contributed by atoms with Gasteiger partial charge in [0.1, 0.15) is 31.3 Å².